The normalized spacial score (nSPS) is 20.7. The highest BCUT2D eigenvalue weighted by Crippen LogP contribution is 2.10. The van der Waals surface area contributed by atoms with Crippen LogP contribution in [0.25, 0.3) is 0 Å². The van der Waals surface area contributed by atoms with E-state index in [2.05, 4.69) is 39.4 Å². The minimum absolute atomic E-state index is 0.433. The molecular weight excluding hydrogens is 326 g/mol. The Morgan fingerprint density at radius 2 is 2.33 bits per heavy atom. The monoisotopic (exact) mass is 353 g/mol. The second-order valence-corrected chi connectivity index (χ2v) is 6.52. The lowest BCUT2D eigenvalue weighted by Crippen LogP contribution is -2.53. The summed E-state index contributed by atoms with van der Waals surface area (Å²) in [6, 6.07) is 4.70. The van der Waals surface area contributed by atoms with E-state index in [-0.39, 0.29) is 0 Å². The molecule has 1 saturated heterocycles. The molecule has 0 saturated carbocycles. The molecule has 7 heteroatoms. The zero-order valence-corrected chi connectivity index (χ0v) is 15.5. The van der Waals surface area contributed by atoms with E-state index in [1.807, 2.05) is 18.3 Å². The maximum Gasteiger partial charge on any atom is 0.191 e. The zero-order valence-electron chi connectivity index (χ0n) is 14.8. The standard InChI is InChI=1S/C17H28ClN5O/c1-13(23-8-9-24-12-14(23)2)10-22-17(19-3)20-7-6-15-4-5-16(18)21-11-15/h4-5,11,13-14H,6-10,12H2,1-3H3,(H2,19,20,22). The molecule has 2 rings (SSSR count). The third-order valence-electron chi connectivity index (χ3n) is 4.27. The molecule has 1 fully saturated rings. The summed E-state index contributed by atoms with van der Waals surface area (Å²) in [5.74, 6) is 0.824. The molecule has 134 valence electrons. The number of nitrogens with one attached hydrogen (secondary N) is 2. The summed E-state index contributed by atoms with van der Waals surface area (Å²) in [6.45, 7) is 8.71. The van der Waals surface area contributed by atoms with Crippen molar-refractivity contribution in [3.63, 3.8) is 0 Å². The van der Waals surface area contributed by atoms with Crippen LogP contribution in [0, 0.1) is 0 Å². The maximum atomic E-state index is 5.80. The first-order valence-electron chi connectivity index (χ1n) is 8.48. The Kier molecular flexibility index (Phi) is 7.75. The Bertz CT molecular complexity index is 522. The summed E-state index contributed by atoms with van der Waals surface area (Å²) in [5.41, 5.74) is 1.15. The molecule has 2 heterocycles. The number of nitrogens with zero attached hydrogens (tertiary/aromatic N) is 3. The SMILES string of the molecule is CN=C(NCCc1ccc(Cl)nc1)NCC(C)N1CCOCC1C. The van der Waals surface area contributed by atoms with Gasteiger partial charge in [-0.25, -0.2) is 4.98 Å². The van der Waals surface area contributed by atoms with E-state index >= 15 is 0 Å². The lowest BCUT2D eigenvalue weighted by Gasteiger charge is -2.38. The molecule has 2 N–H and O–H groups in total. The highest BCUT2D eigenvalue weighted by molar-refractivity contribution is 6.29. The third kappa shape index (κ3) is 5.92. The number of aromatic nitrogens is 1. The van der Waals surface area contributed by atoms with Crippen LogP contribution >= 0.6 is 11.6 Å². The van der Waals surface area contributed by atoms with Crippen LogP contribution < -0.4 is 10.6 Å². The summed E-state index contributed by atoms with van der Waals surface area (Å²) in [4.78, 5) is 10.9. The molecular formula is C17H28ClN5O. The van der Waals surface area contributed by atoms with Crippen LogP contribution in [-0.2, 0) is 11.2 Å². The quantitative estimate of drug-likeness (QED) is 0.461. The van der Waals surface area contributed by atoms with Gasteiger partial charge in [0.15, 0.2) is 5.96 Å². The van der Waals surface area contributed by atoms with Gasteiger partial charge in [0, 0.05) is 45.0 Å². The molecule has 0 spiro atoms. The summed E-state index contributed by atoms with van der Waals surface area (Å²) < 4.78 is 5.50. The van der Waals surface area contributed by atoms with Gasteiger partial charge in [-0.05, 0) is 31.9 Å². The number of pyridine rings is 1. The van der Waals surface area contributed by atoms with Crippen molar-refractivity contribution in [3.8, 4) is 0 Å². The number of guanidine groups is 1. The van der Waals surface area contributed by atoms with Gasteiger partial charge in [-0.3, -0.25) is 9.89 Å². The van der Waals surface area contributed by atoms with Crippen molar-refractivity contribution in [3.05, 3.63) is 29.0 Å². The zero-order chi connectivity index (χ0) is 17.4. The molecule has 0 amide bonds. The fourth-order valence-corrected chi connectivity index (χ4v) is 2.97. The Morgan fingerprint density at radius 1 is 1.50 bits per heavy atom. The number of rotatable bonds is 6. The Labute approximate surface area is 149 Å². The molecule has 1 aliphatic heterocycles. The van der Waals surface area contributed by atoms with E-state index in [0.717, 1.165) is 50.8 Å². The van der Waals surface area contributed by atoms with Crippen molar-refractivity contribution in [2.24, 2.45) is 4.99 Å². The van der Waals surface area contributed by atoms with E-state index in [1.54, 1.807) is 7.05 Å². The molecule has 1 aromatic heterocycles. The average Bonchev–Trinajstić information content (AvgIpc) is 2.59. The van der Waals surface area contributed by atoms with E-state index in [1.165, 1.54) is 0 Å². The molecule has 0 aromatic carbocycles. The fourth-order valence-electron chi connectivity index (χ4n) is 2.86. The lowest BCUT2D eigenvalue weighted by atomic mass is 10.2. The van der Waals surface area contributed by atoms with Crippen LogP contribution in [0.1, 0.15) is 19.4 Å². The summed E-state index contributed by atoms with van der Waals surface area (Å²) in [5, 5.41) is 7.26. The topological polar surface area (TPSA) is 61.8 Å². The first-order chi connectivity index (χ1) is 11.6. The smallest absolute Gasteiger partial charge is 0.191 e. The van der Waals surface area contributed by atoms with Gasteiger partial charge in [-0.2, -0.15) is 0 Å². The molecule has 0 aliphatic carbocycles. The predicted molar refractivity (Wildman–Crippen MR) is 98.8 cm³/mol. The van der Waals surface area contributed by atoms with Gasteiger partial charge in [-0.1, -0.05) is 17.7 Å². The average molecular weight is 354 g/mol. The van der Waals surface area contributed by atoms with Gasteiger partial charge in [-0.15, -0.1) is 0 Å². The molecule has 2 atom stereocenters. The van der Waals surface area contributed by atoms with Gasteiger partial charge in [0.2, 0.25) is 0 Å². The Morgan fingerprint density at radius 3 is 3.00 bits per heavy atom. The van der Waals surface area contributed by atoms with Crippen LogP contribution in [0.4, 0.5) is 0 Å². The molecule has 24 heavy (non-hydrogen) atoms. The first kappa shape index (κ1) is 19.0. The number of ether oxygens (including phenoxy) is 1. The highest BCUT2D eigenvalue weighted by atomic mass is 35.5. The first-order valence-corrected chi connectivity index (χ1v) is 8.86. The van der Waals surface area contributed by atoms with Crippen LogP contribution in [0.2, 0.25) is 5.15 Å². The molecule has 0 bridgehead atoms. The van der Waals surface area contributed by atoms with E-state index in [0.29, 0.717) is 17.2 Å². The van der Waals surface area contributed by atoms with Crippen molar-refractivity contribution in [2.45, 2.75) is 32.4 Å². The van der Waals surface area contributed by atoms with Crippen LogP contribution in [0.15, 0.2) is 23.3 Å². The largest absolute Gasteiger partial charge is 0.379 e. The molecule has 1 aliphatic rings. The summed E-state index contributed by atoms with van der Waals surface area (Å²) in [7, 11) is 1.79. The van der Waals surface area contributed by atoms with Crippen molar-refractivity contribution < 1.29 is 4.74 Å². The number of morpholine rings is 1. The van der Waals surface area contributed by atoms with E-state index < -0.39 is 0 Å². The molecule has 1 aromatic rings. The van der Waals surface area contributed by atoms with Crippen LogP contribution in [0.3, 0.4) is 0 Å². The van der Waals surface area contributed by atoms with Gasteiger partial charge in [0.25, 0.3) is 0 Å². The summed E-state index contributed by atoms with van der Waals surface area (Å²) in [6.07, 6.45) is 2.68. The molecule has 6 nitrogen and oxygen atoms in total. The number of hydrogen-bond donors (Lipinski definition) is 2. The van der Waals surface area contributed by atoms with Crippen LogP contribution in [-0.4, -0.2) is 67.8 Å². The second kappa shape index (κ2) is 9.81. The van der Waals surface area contributed by atoms with E-state index in [9.17, 15) is 0 Å². The summed E-state index contributed by atoms with van der Waals surface area (Å²) >= 11 is 5.80. The van der Waals surface area contributed by atoms with Crippen molar-refractivity contribution in [1.82, 2.24) is 20.5 Å². The lowest BCUT2D eigenvalue weighted by molar-refractivity contribution is -0.0174. The molecule has 0 radical (unpaired) electrons. The minimum Gasteiger partial charge on any atom is -0.379 e. The van der Waals surface area contributed by atoms with Crippen molar-refractivity contribution in [1.29, 1.82) is 0 Å². The second-order valence-electron chi connectivity index (χ2n) is 6.13. The number of hydrogen-bond acceptors (Lipinski definition) is 4. The number of aliphatic imine (C=N–C) groups is 1. The highest BCUT2D eigenvalue weighted by Gasteiger charge is 2.23. The van der Waals surface area contributed by atoms with Gasteiger partial charge in [0.05, 0.1) is 13.2 Å². The van der Waals surface area contributed by atoms with Crippen molar-refractivity contribution in [2.75, 3.05) is 39.9 Å². The van der Waals surface area contributed by atoms with E-state index in [4.69, 9.17) is 16.3 Å². The van der Waals surface area contributed by atoms with Gasteiger partial charge < -0.3 is 15.4 Å². The third-order valence-corrected chi connectivity index (χ3v) is 4.49. The van der Waals surface area contributed by atoms with Gasteiger partial charge >= 0.3 is 0 Å². The number of halogens is 1. The maximum absolute atomic E-state index is 5.80. The minimum atomic E-state index is 0.433. The van der Waals surface area contributed by atoms with Crippen LogP contribution in [0.5, 0.6) is 0 Å². The Balaban J connectivity index is 1.70. The Hall–Kier alpha value is -1.37. The fraction of sp³-hybridized carbons (Fsp3) is 0.647. The van der Waals surface area contributed by atoms with Crippen molar-refractivity contribution >= 4 is 17.6 Å². The van der Waals surface area contributed by atoms with Gasteiger partial charge in [0.1, 0.15) is 5.15 Å². The predicted octanol–water partition coefficient (Wildman–Crippen LogP) is 1.55. The molecule has 2 unspecified atom stereocenters.